The third-order valence-corrected chi connectivity index (χ3v) is 5.15. The maximum Gasteiger partial charge on any atom is 0.805 e. The van der Waals surface area contributed by atoms with Gasteiger partial charge in [0, 0.05) is 17.9 Å². The zero-order valence-electron chi connectivity index (χ0n) is 21.2. The lowest BCUT2D eigenvalue weighted by molar-refractivity contribution is 0.415. The average Bonchev–Trinajstić information content (AvgIpc) is 2.88. The SMILES string of the molecule is CC.CCC[P+](=O)Oc1ccccc1.CP=O.CP=O.O=[P+](Oc1ccccc1)Oc1ccccc1. The molecule has 7 nitrogen and oxygen atoms in total. The third kappa shape index (κ3) is 22.0. The summed E-state index contributed by atoms with van der Waals surface area (Å²) in [7, 11) is -3.36. The van der Waals surface area contributed by atoms with E-state index >= 15 is 0 Å². The second-order valence-corrected chi connectivity index (χ2v) is 8.70. The minimum absolute atomic E-state index is 0.167. The molecule has 0 amide bonds. The van der Waals surface area contributed by atoms with Crippen LogP contribution < -0.4 is 13.6 Å². The molecule has 1 atom stereocenters. The molecular weight excluding hydrogens is 536 g/mol. The van der Waals surface area contributed by atoms with E-state index in [1.54, 1.807) is 61.9 Å². The Kier molecular flexibility index (Phi) is 26.8. The van der Waals surface area contributed by atoms with E-state index in [1.807, 2.05) is 63.2 Å². The summed E-state index contributed by atoms with van der Waals surface area (Å²) in [5.74, 6) is 1.74. The highest BCUT2D eigenvalue weighted by Gasteiger charge is 2.23. The molecule has 0 saturated carbocycles. The number of hydrogen-bond donors (Lipinski definition) is 0. The molecule has 0 bridgehead atoms. The number of para-hydroxylation sites is 3. The molecule has 1 unspecified atom stereocenters. The molecule has 0 spiro atoms. The molecule has 3 rings (SSSR count). The Hall–Kier alpha value is -2.54. The van der Waals surface area contributed by atoms with Crippen LogP contribution in [0.1, 0.15) is 27.2 Å². The van der Waals surface area contributed by atoms with Gasteiger partial charge in [0.25, 0.3) is 0 Å². The van der Waals surface area contributed by atoms with Crippen molar-refractivity contribution in [1.29, 1.82) is 0 Å². The quantitative estimate of drug-likeness (QED) is 0.249. The summed E-state index contributed by atoms with van der Waals surface area (Å²) in [5.41, 5.74) is 0. The van der Waals surface area contributed by atoms with Gasteiger partial charge in [0.2, 0.25) is 0 Å². The van der Waals surface area contributed by atoms with E-state index < -0.39 is 16.3 Å². The molecule has 0 saturated heterocycles. The highest BCUT2D eigenvalue weighted by molar-refractivity contribution is 7.39. The van der Waals surface area contributed by atoms with Crippen LogP contribution in [0.25, 0.3) is 0 Å². The summed E-state index contributed by atoms with van der Waals surface area (Å²) in [5, 5.41) is 0. The Bertz CT molecular complexity index is 895. The Morgan fingerprint density at radius 2 is 0.889 bits per heavy atom. The molecule has 194 valence electrons. The average molecular weight is 570 g/mol. The summed E-state index contributed by atoms with van der Waals surface area (Å²) in [4.78, 5) is 0. The molecule has 3 aromatic carbocycles. The number of benzene rings is 3. The van der Waals surface area contributed by atoms with Gasteiger partial charge in [-0.25, -0.2) is 9.05 Å². The molecule has 0 aliphatic rings. The molecule has 0 aromatic heterocycles. The molecule has 0 radical (unpaired) electrons. The maximum absolute atomic E-state index is 11.5. The number of hydrogen-bond acceptors (Lipinski definition) is 7. The normalized spacial score (nSPS) is 9.19. The van der Waals surface area contributed by atoms with Crippen molar-refractivity contribution in [3.8, 4) is 17.2 Å². The highest BCUT2D eigenvalue weighted by Crippen LogP contribution is 2.29. The van der Waals surface area contributed by atoms with E-state index in [4.69, 9.17) is 22.7 Å². The molecule has 0 N–H and O–H groups in total. The second kappa shape index (κ2) is 27.1. The van der Waals surface area contributed by atoms with E-state index in [1.165, 1.54) is 0 Å². The van der Waals surface area contributed by atoms with Gasteiger partial charge in [-0.15, -0.1) is 0 Å². The second-order valence-electron chi connectivity index (χ2n) is 5.86. The molecule has 0 aliphatic carbocycles. The van der Waals surface area contributed by atoms with Gasteiger partial charge >= 0.3 is 16.3 Å². The van der Waals surface area contributed by atoms with Gasteiger partial charge in [-0.05, 0) is 47.4 Å². The van der Waals surface area contributed by atoms with Crippen molar-refractivity contribution >= 4 is 33.2 Å². The van der Waals surface area contributed by atoms with Gasteiger partial charge in [-0.3, -0.25) is 13.7 Å². The highest BCUT2D eigenvalue weighted by atomic mass is 31.1. The van der Waals surface area contributed by atoms with Crippen molar-refractivity contribution < 1.29 is 31.8 Å². The fourth-order valence-electron chi connectivity index (χ4n) is 1.98. The van der Waals surface area contributed by atoms with E-state index in [-0.39, 0.29) is 16.9 Å². The summed E-state index contributed by atoms with van der Waals surface area (Å²) in [6.45, 7) is 9.07. The Balaban J connectivity index is 0. The van der Waals surface area contributed by atoms with Crippen LogP contribution in [-0.4, -0.2) is 19.5 Å². The van der Waals surface area contributed by atoms with Gasteiger partial charge in [0.05, 0.1) is 0 Å². The topological polar surface area (TPSA) is 96.0 Å². The first kappa shape index (κ1) is 35.6. The molecule has 36 heavy (non-hydrogen) atoms. The van der Waals surface area contributed by atoms with Crippen LogP contribution in [0.4, 0.5) is 0 Å². The first-order chi connectivity index (χ1) is 17.5. The lowest BCUT2D eigenvalue weighted by Crippen LogP contribution is -1.87. The minimum Gasteiger partial charge on any atom is -0.275 e. The molecule has 0 fully saturated rings. The van der Waals surface area contributed by atoms with Crippen molar-refractivity contribution in [2.45, 2.75) is 27.2 Å². The van der Waals surface area contributed by atoms with Crippen LogP contribution in [-0.2, 0) is 18.3 Å². The smallest absolute Gasteiger partial charge is 0.275 e. The van der Waals surface area contributed by atoms with Crippen molar-refractivity contribution in [1.82, 2.24) is 0 Å². The predicted octanol–water partition coefficient (Wildman–Crippen LogP) is 9.86. The molecule has 0 aliphatic heterocycles. The van der Waals surface area contributed by atoms with Gasteiger partial charge in [-0.1, -0.05) is 75.4 Å². The zero-order chi connectivity index (χ0) is 27.4. The predicted molar refractivity (Wildman–Crippen MR) is 150 cm³/mol. The van der Waals surface area contributed by atoms with Crippen LogP contribution in [0.2, 0.25) is 0 Å². The molecular formula is C25H34O7P4+2. The van der Waals surface area contributed by atoms with Crippen LogP contribution in [0, 0.1) is 0 Å². The van der Waals surface area contributed by atoms with E-state index in [0.29, 0.717) is 23.4 Å². The molecule has 3 aromatic rings. The van der Waals surface area contributed by atoms with Crippen molar-refractivity contribution in [2.75, 3.05) is 19.5 Å². The zero-order valence-corrected chi connectivity index (χ0v) is 24.8. The maximum atomic E-state index is 11.5. The number of rotatable bonds is 8. The van der Waals surface area contributed by atoms with Gasteiger partial charge < -0.3 is 0 Å². The summed E-state index contributed by atoms with van der Waals surface area (Å²) < 4.78 is 55.8. The van der Waals surface area contributed by atoms with Crippen LogP contribution in [0.15, 0.2) is 91.0 Å². The minimum atomic E-state index is -2.18. The van der Waals surface area contributed by atoms with Gasteiger partial charge in [0.15, 0.2) is 40.3 Å². The van der Waals surface area contributed by atoms with E-state index in [0.717, 1.165) is 6.42 Å². The Morgan fingerprint density at radius 1 is 0.611 bits per heavy atom. The van der Waals surface area contributed by atoms with Gasteiger partial charge in [0.1, 0.15) is 0 Å². The third-order valence-electron chi connectivity index (χ3n) is 3.20. The van der Waals surface area contributed by atoms with Crippen molar-refractivity contribution in [3.63, 3.8) is 0 Å². The van der Waals surface area contributed by atoms with Crippen LogP contribution in [0.5, 0.6) is 17.2 Å². The fourth-order valence-corrected chi connectivity index (χ4v) is 3.42. The lowest BCUT2D eigenvalue weighted by Gasteiger charge is -1.92. The fraction of sp³-hybridized carbons (Fsp3) is 0.280. The Labute approximate surface area is 219 Å². The first-order valence-electron chi connectivity index (χ1n) is 11.0. The first-order valence-corrected chi connectivity index (χ1v) is 16.0. The summed E-state index contributed by atoms with van der Waals surface area (Å²) in [6, 6.07) is 27.1. The monoisotopic (exact) mass is 570 g/mol. The Morgan fingerprint density at radius 3 is 1.17 bits per heavy atom. The summed E-state index contributed by atoms with van der Waals surface area (Å²) in [6.07, 6.45) is 1.52. The molecule has 0 heterocycles. The van der Waals surface area contributed by atoms with Crippen LogP contribution in [0.3, 0.4) is 0 Å². The van der Waals surface area contributed by atoms with Crippen molar-refractivity contribution in [3.05, 3.63) is 91.0 Å². The van der Waals surface area contributed by atoms with Gasteiger partial charge in [-0.2, -0.15) is 0 Å². The van der Waals surface area contributed by atoms with Crippen molar-refractivity contribution in [2.24, 2.45) is 0 Å². The van der Waals surface area contributed by atoms with E-state index in [9.17, 15) is 9.13 Å². The largest absolute Gasteiger partial charge is 0.805 e. The van der Waals surface area contributed by atoms with Crippen LogP contribution >= 0.6 is 33.2 Å². The van der Waals surface area contributed by atoms with E-state index in [2.05, 4.69) is 0 Å². The molecule has 11 heteroatoms. The lowest BCUT2D eigenvalue weighted by atomic mass is 10.3. The summed E-state index contributed by atoms with van der Waals surface area (Å²) >= 11 is 0. The standard InChI is InChI=1S/C12H10O3P.C9H12O2P.C2H6.2CH3OP/c13-16(14-11-7-3-1-4-8-11)15-12-9-5-2-6-10-12;1-2-8-12(10)11-9-6-4-3-5-7-9;1-2;2*1-3-2/h1-10H;3-7H,2,8H2,1H3;1-2H3;2*1H3/q2*+1;;;.